The minimum atomic E-state index is -4.92. The van der Waals surface area contributed by atoms with E-state index in [9.17, 15) is 30.7 Å². The van der Waals surface area contributed by atoms with Crippen LogP contribution in [0.15, 0.2) is 66.7 Å². The molecule has 0 radical (unpaired) electrons. The van der Waals surface area contributed by atoms with Crippen molar-refractivity contribution < 1.29 is 40.2 Å². The molecule has 38 heavy (non-hydrogen) atoms. The van der Waals surface area contributed by atoms with Crippen LogP contribution in [0.25, 0.3) is 0 Å². The molecule has 3 N–H and O–H groups in total. The van der Waals surface area contributed by atoms with E-state index in [0.717, 1.165) is 17.7 Å². The van der Waals surface area contributed by atoms with E-state index in [0.29, 0.717) is 17.2 Å². The van der Waals surface area contributed by atoms with Crippen LogP contribution in [0.4, 0.5) is 30.7 Å². The average Bonchev–Trinajstić information content (AvgIpc) is 2.83. The molecule has 0 aliphatic rings. The minimum Gasteiger partial charge on any atom is -0.457 e. The van der Waals surface area contributed by atoms with Crippen LogP contribution in [0, 0.1) is 0 Å². The normalized spacial score (nSPS) is 13.9. The Kier molecular flexibility index (Phi) is 9.17. The number of nitrogens with two attached hydrogens (primary N) is 1. The fraction of sp³-hybridized carbons (Fsp3) is 0.308. The Hall–Kier alpha value is -3.02. The van der Waals surface area contributed by atoms with Gasteiger partial charge in [-0.05, 0) is 65.6 Å². The Morgan fingerprint density at radius 2 is 1.47 bits per heavy atom. The van der Waals surface area contributed by atoms with Crippen molar-refractivity contribution >= 4 is 11.6 Å². The number of halogens is 8. The Morgan fingerprint density at radius 1 is 0.868 bits per heavy atom. The van der Waals surface area contributed by atoms with Crippen LogP contribution >= 0.6 is 11.6 Å². The smallest absolute Gasteiger partial charge is 0.457 e. The van der Waals surface area contributed by atoms with E-state index in [1.165, 1.54) is 30.3 Å². The number of ether oxygens (including phenoxy) is 2. The summed E-state index contributed by atoms with van der Waals surface area (Å²) in [7, 11) is 0. The van der Waals surface area contributed by atoms with Gasteiger partial charge in [-0.2, -0.15) is 30.7 Å². The number of nitrogens with one attached hydrogen (secondary N) is 1. The van der Waals surface area contributed by atoms with Crippen LogP contribution in [0.3, 0.4) is 0 Å². The first-order valence-corrected chi connectivity index (χ1v) is 11.7. The molecule has 0 aliphatic heterocycles. The largest absolute Gasteiger partial charge is 0.461 e. The molecule has 0 heterocycles. The van der Waals surface area contributed by atoms with Gasteiger partial charge < -0.3 is 15.2 Å². The second-order valence-corrected chi connectivity index (χ2v) is 8.87. The summed E-state index contributed by atoms with van der Waals surface area (Å²) in [5.41, 5.74) is 3.92. The van der Waals surface area contributed by atoms with Crippen LogP contribution in [-0.4, -0.2) is 24.4 Å². The van der Waals surface area contributed by atoms with Crippen LogP contribution in [0.1, 0.15) is 23.6 Å². The molecule has 4 nitrogen and oxygen atoms in total. The van der Waals surface area contributed by atoms with Crippen LogP contribution in [-0.2, 0) is 19.4 Å². The molecule has 12 heteroatoms. The average molecular weight is 565 g/mol. The Morgan fingerprint density at radius 3 is 2.11 bits per heavy atom. The van der Waals surface area contributed by atoms with Crippen molar-refractivity contribution in [2.45, 2.75) is 50.7 Å². The lowest BCUT2D eigenvalue weighted by molar-refractivity contribution is -0.253. The predicted octanol–water partition coefficient (Wildman–Crippen LogP) is 7.48. The van der Waals surface area contributed by atoms with Gasteiger partial charge in [0.25, 0.3) is 0 Å². The molecule has 0 amide bonds. The number of hydrogen-bond acceptors (Lipinski definition) is 4. The van der Waals surface area contributed by atoms with Gasteiger partial charge in [-0.1, -0.05) is 42.8 Å². The first-order valence-electron chi connectivity index (χ1n) is 11.3. The number of benzene rings is 3. The summed E-state index contributed by atoms with van der Waals surface area (Å²) in [6.07, 6.45) is -13.8. The van der Waals surface area contributed by atoms with Gasteiger partial charge in [-0.15, -0.1) is 0 Å². The number of aryl methyl sites for hydroxylation is 1. The Labute approximate surface area is 219 Å². The molecule has 0 aliphatic carbocycles. The van der Waals surface area contributed by atoms with E-state index < -0.39 is 43.1 Å². The molecule has 1 atom stereocenters. The van der Waals surface area contributed by atoms with Gasteiger partial charge >= 0.3 is 18.7 Å². The fourth-order valence-corrected chi connectivity index (χ4v) is 3.76. The highest BCUT2D eigenvalue weighted by Gasteiger charge is 2.51. The first-order chi connectivity index (χ1) is 17.7. The van der Waals surface area contributed by atoms with E-state index in [4.69, 9.17) is 22.1 Å². The van der Waals surface area contributed by atoms with Gasteiger partial charge in [-0.25, -0.2) is 0 Å². The molecule has 3 aromatic carbocycles. The quantitative estimate of drug-likeness (QED) is 0.187. The maximum absolute atomic E-state index is 14.0. The molecule has 0 saturated heterocycles. The van der Waals surface area contributed by atoms with Crippen molar-refractivity contribution in [3.05, 3.63) is 88.4 Å². The van der Waals surface area contributed by atoms with Gasteiger partial charge in [-0.3, -0.25) is 5.32 Å². The van der Waals surface area contributed by atoms with Gasteiger partial charge in [0.2, 0.25) is 0 Å². The molecule has 0 aromatic heterocycles. The third-order valence-electron chi connectivity index (χ3n) is 5.54. The maximum Gasteiger partial charge on any atom is 0.461 e. The van der Waals surface area contributed by atoms with Crippen molar-refractivity contribution in [3.63, 3.8) is 0 Å². The summed E-state index contributed by atoms with van der Waals surface area (Å²) in [5.74, 6) is 0.0968. The van der Waals surface area contributed by atoms with Crippen molar-refractivity contribution in [2.24, 2.45) is 5.73 Å². The second-order valence-electron chi connectivity index (χ2n) is 8.47. The molecule has 1 unspecified atom stereocenters. The summed E-state index contributed by atoms with van der Waals surface area (Å²) >= 11 is 6.11. The summed E-state index contributed by atoms with van der Waals surface area (Å²) < 4.78 is 103. The van der Waals surface area contributed by atoms with Crippen molar-refractivity contribution in [1.29, 1.82) is 0 Å². The van der Waals surface area contributed by atoms with Crippen LogP contribution in [0.2, 0.25) is 5.02 Å². The van der Waals surface area contributed by atoms with Crippen molar-refractivity contribution in [1.82, 2.24) is 5.32 Å². The van der Waals surface area contributed by atoms with E-state index in [-0.39, 0.29) is 16.9 Å². The lowest BCUT2D eigenvalue weighted by Crippen LogP contribution is -2.65. The monoisotopic (exact) mass is 564 g/mol. The molecule has 0 fully saturated rings. The molecule has 0 saturated carbocycles. The Balaban J connectivity index is 1.76. The highest BCUT2D eigenvalue weighted by atomic mass is 35.5. The molecule has 0 bridgehead atoms. The molecule has 206 valence electrons. The number of alkyl halides is 7. The lowest BCUT2D eigenvalue weighted by atomic mass is 9.99. The molecular formula is C26H24ClF7N2O2. The summed E-state index contributed by atoms with van der Waals surface area (Å²) in [5, 5.41) is 2.78. The summed E-state index contributed by atoms with van der Waals surface area (Å²) in [6, 6.07) is 15.4. The standard InChI is InChI=1S/C26H24ClF7N2O2/c1-2-18-13-20(9-10-22(18)27)37-19-7-3-5-16(11-19)14-24(35,26(32,33)34)36-15-17-6-4-8-21(12-17)38-25(30,31)23(28)29/h3-13,23,36H,2,14-15,35H2,1H3. The third kappa shape index (κ3) is 7.52. The highest BCUT2D eigenvalue weighted by molar-refractivity contribution is 6.31. The highest BCUT2D eigenvalue weighted by Crippen LogP contribution is 2.33. The predicted molar refractivity (Wildman–Crippen MR) is 129 cm³/mol. The minimum absolute atomic E-state index is 0.0539. The lowest BCUT2D eigenvalue weighted by Gasteiger charge is -2.33. The topological polar surface area (TPSA) is 56.5 Å². The molecular weight excluding hydrogens is 541 g/mol. The number of rotatable bonds is 11. The zero-order valence-corrected chi connectivity index (χ0v) is 20.7. The maximum atomic E-state index is 14.0. The van der Waals surface area contributed by atoms with E-state index in [1.54, 1.807) is 24.3 Å². The van der Waals surface area contributed by atoms with Crippen molar-refractivity contribution in [3.8, 4) is 17.2 Å². The SMILES string of the molecule is CCc1cc(Oc2cccc(CC(N)(NCc3cccc(OC(F)(F)C(F)F)c3)C(F)(F)F)c2)ccc1Cl. The summed E-state index contributed by atoms with van der Waals surface area (Å²) in [6.45, 7) is 1.40. The van der Waals surface area contributed by atoms with Crippen molar-refractivity contribution in [2.75, 3.05) is 0 Å². The van der Waals surface area contributed by atoms with Crippen LogP contribution < -0.4 is 20.5 Å². The number of hydrogen-bond donors (Lipinski definition) is 2. The Bertz CT molecular complexity index is 1240. The second kappa shape index (κ2) is 11.8. The van der Waals surface area contributed by atoms with E-state index >= 15 is 0 Å². The fourth-order valence-electron chi connectivity index (χ4n) is 3.51. The zero-order chi connectivity index (χ0) is 28.1. The molecule has 3 aromatic rings. The van der Waals surface area contributed by atoms with E-state index in [1.807, 2.05) is 6.92 Å². The van der Waals surface area contributed by atoms with Gasteiger partial charge in [0.15, 0.2) is 5.66 Å². The zero-order valence-electron chi connectivity index (χ0n) is 20.0. The van der Waals surface area contributed by atoms with Gasteiger partial charge in [0.1, 0.15) is 17.2 Å². The summed E-state index contributed by atoms with van der Waals surface area (Å²) in [4.78, 5) is 0. The van der Waals surface area contributed by atoms with Gasteiger partial charge in [0, 0.05) is 18.0 Å². The first kappa shape index (κ1) is 29.5. The van der Waals surface area contributed by atoms with Crippen LogP contribution in [0.5, 0.6) is 17.2 Å². The molecule has 3 rings (SSSR count). The third-order valence-corrected chi connectivity index (χ3v) is 5.90. The van der Waals surface area contributed by atoms with E-state index in [2.05, 4.69) is 10.1 Å². The van der Waals surface area contributed by atoms with Gasteiger partial charge in [0.05, 0.1) is 0 Å². The molecule has 0 spiro atoms.